The molecule has 0 radical (unpaired) electrons. The summed E-state index contributed by atoms with van der Waals surface area (Å²) in [7, 11) is 1.41. The Labute approximate surface area is 117 Å². The van der Waals surface area contributed by atoms with Crippen LogP contribution in [0.3, 0.4) is 0 Å². The van der Waals surface area contributed by atoms with Crippen LogP contribution in [0.25, 0.3) is 0 Å². The molecule has 20 heavy (non-hydrogen) atoms. The number of ether oxygens (including phenoxy) is 1. The van der Waals surface area contributed by atoms with Crippen LogP contribution in [0.5, 0.6) is 0 Å². The summed E-state index contributed by atoms with van der Waals surface area (Å²) in [5.74, 6) is -1.63. The minimum absolute atomic E-state index is 0.0670. The number of aliphatic carboxylic acids is 1. The lowest BCUT2D eigenvalue weighted by molar-refractivity contribution is -0.149. The summed E-state index contributed by atoms with van der Waals surface area (Å²) in [4.78, 5) is 23.7. The lowest BCUT2D eigenvalue weighted by atomic mass is 9.97. The van der Waals surface area contributed by atoms with E-state index in [2.05, 4.69) is 5.32 Å². The molecular formula is C15H19NO4. The third-order valence-electron chi connectivity index (χ3n) is 3.75. The number of carbonyl (C=O) groups is 2. The largest absolute Gasteiger partial charge is 0.479 e. The van der Waals surface area contributed by atoms with Gasteiger partial charge in [-0.25, -0.2) is 4.79 Å². The number of carbonyl (C=O) groups excluding carboxylic acids is 1. The molecule has 1 aromatic carbocycles. The van der Waals surface area contributed by atoms with Gasteiger partial charge in [0.15, 0.2) is 5.54 Å². The fraction of sp³-hybridized carbons (Fsp3) is 0.467. The Morgan fingerprint density at radius 3 is 2.80 bits per heavy atom. The smallest absolute Gasteiger partial charge is 0.331 e. The van der Waals surface area contributed by atoms with Crippen LogP contribution in [-0.4, -0.2) is 36.2 Å². The second kappa shape index (κ2) is 5.63. The van der Waals surface area contributed by atoms with Gasteiger partial charge in [-0.05, 0) is 30.9 Å². The van der Waals surface area contributed by atoms with Crippen molar-refractivity contribution in [1.82, 2.24) is 5.32 Å². The van der Waals surface area contributed by atoms with E-state index in [1.54, 1.807) is 0 Å². The van der Waals surface area contributed by atoms with E-state index in [0.29, 0.717) is 6.42 Å². The number of hydrogen-bond acceptors (Lipinski definition) is 3. The third-order valence-corrected chi connectivity index (χ3v) is 3.75. The first kappa shape index (κ1) is 14.5. The first-order valence-corrected chi connectivity index (χ1v) is 6.60. The molecule has 1 amide bonds. The third kappa shape index (κ3) is 2.67. The maximum Gasteiger partial charge on any atom is 0.331 e. The van der Waals surface area contributed by atoms with Gasteiger partial charge in [0.25, 0.3) is 0 Å². The van der Waals surface area contributed by atoms with Gasteiger partial charge in [0.2, 0.25) is 5.91 Å². The SMILES string of the molecule is COCC(C)(NC(=O)C1CCc2ccccc21)C(=O)O. The quantitative estimate of drug-likeness (QED) is 0.851. The van der Waals surface area contributed by atoms with Crippen LogP contribution in [0.2, 0.25) is 0 Å². The van der Waals surface area contributed by atoms with Gasteiger partial charge in [-0.1, -0.05) is 24.3 Å². The van der Waals surface area contributed by atoms with Crippen molar-refractivity contribution in [2.75, 3.05) is 13.7 Å². The molecule has 0 heterocycles. The van der Waals surface area contributed by atoms with Crippen molar-refractivity contribution in [2.24, 2.45) is 0 Å². The van der Waals surface area contributed by atoms with Gasteiger partial charge in [0.1, 0.15) is 0 Å². The Hall–Kier alpha value is -1.88. The molecule has 0 aliphatic heterocycles. The van der Waals surface area contributed by atoms with E-state index in [0.717, 1.165) is 17.5 Å². The zero-order valence-electron chi connectivity index (χ0n) is 11.7. The molecule has 0 saturated carbocycles. The minimum atomic E-state index is -1.40. The molecule has 1 aliphatic carbocycles. The lowest BCUT2D eigenvalue weighted by Crippen LogP contribution is -2.56. The molecule has 2 N–H and O–H groups in total. The highest BCUT2D eigenvalue weighted by atomic mass is 16.5. The number of carboxylic acids is 1. The van der Waals surface area contributed by atoms with Gasteiger partial charge in [-0.2, -0.15) is 0 Å². The van der Waals surface area contributed by atoms with E-state index in [9.17, 15) is 14.7 Å². The number of fused-ring (bicyclic) bond motifs is 1. The van der Waals surface area contributed by atoms with Crippen LogP contribution in [0.15, 0.2) is 24.3 Å². The Morgan fingerprint density at radius 1 is 1.45 bits per heavy atom. The highest BCUT2D eigenvalue weighted by Crippen LogP contribution is 2.33. The number of amides is 1. The maximum absolute atomic E-state index is 12.4. The number of benzene rings is 1. The molecule has 5 heteroatoms. The van der Waals surface area contributed by atoms with E-state index in [-0.39, 0.29) is 18.4 Å². The highest BCUT2D eigenvalue weighted by molar-refractivity contribution is 5.91. The molecule has 5 nitrogen and oxygen atoms in total. The fourth-order valence-electron chi connectivity index (χ4n) is 2.63. The zero-order valence-corrected chi connectivity index (χ0v) is 11.7. The zero-order chi connectivity index (χ0) is 14.8. The molecule has 108 valence electrons. The van der Waals surface area contributed by atoms with Crippen LogP contribution in [0, 0.1) is 0 Å². The highest BCUT2D eigenvalue weighted by Gasteiger charge is 2.38. The summed E-state index contributed by atoms with van der Waals surface area (Å²) < 4.78 is 4.91. The summed E-state index contributed by atoms with van der Waals surface area (Å²) in [5.41, 5.74) is 0.759. The van der Waals surface area contributed by atoms with Crippen LogP contribution in [0.1, 0.15) is 30.4 Å². The summed E-state index contributed by atoms with van der Waals surface area (Å²) in [6, 6.07) is 7.79. The number of rotatable bonds is 5. The lowest BCUT2D eigenvalue weighted by Gasteiger charge is -2.27. The first-order chi connectivity index (χ1) is 9.48. The Bertz CT molecular complexity index is 528. The van der Waals surface area contributed by atoms with E-state index in [1.165, 1.54) is 14.0 Å². The van der Waals surface area contributed by atoms with E-state index in [1.807, 2.05) is 24.3 Å². The monoisotopic (exact) mass is 277 g/mol. The fourth-order valence-corrected chi connectivity index (χ4v) is 2.63. The number of methoxy groups -OCH3 is 1. The predicted molar refractivity (Wildman–Crippen MR) is 73.6 cm³/mol. The molecule has 0 bridgehead atoms. The van der Waals surface area contributed by atoms with Gasteiger partial charge in [-0.3, -0.25) is 4.79 Å². The van der Waals surface area contributed by atoms with Gasteiger partial charge >= 0.3 is 5.97 Å². The van der Waals surface area contributed by atoms with Crippen molar-refractivity contribution in [3.63, 3.8) is 0 Å². The first-order valence-electron chi connectivity index (χ1n) is 6.60. The molecular weight excluding hydrogens is 258 g/mol. The van der Waals surface area contributed by atoms with Crippen molar-refractivity contribution in [1.29, 1.82) is 0 Å². The average Bonchev–Trinajstić information content (AvgIpc) is 2.82. The number of aryl methyl sites for hydroxylation is 1. The van der Waals surface area contributed by atoms with E-state index >= 15 is 0 Å². The molecule has 0 spiro atoms. The van der Waals surface area contributed by atoms with Crippen LogP contribution >= 0.6 is 0 Å². The Kier molecular flexibility index (Phi) is 4.09. The molecule has 2 unspecified atom stereocenters. The topological polar surface area (TPSA) is 75.6 Å². The second-order valence-corrected chi connectivity index (χ2v) is 5.35. The molecule has 0 fully saturated rings. The summed E-state index contributed by atoms with van der Waals surface area (Å²) in [6.45, 7) is 1.39. The van der Waals surface area contributed by atoms with Crippen LogP contribution in [-0.2, 0) is 20.7 Å². The molecule has 1 aliphatic rings. The normalized spacial score (nSPS) is 20.0. The van der Waals surface area contributed by atoms with Crippen molar-refractivity contribution in [3.8, 4) is 0 Å². The standard InChI is InChI=1S/C15H19NO4/c1-15(9-20-2,14(18)19)16-13(17)12-8-7-10-5-3-4-6-11(10)12/h3-6,12H,7-9H2,1-2H3,(H,16,17)(H,18,19). The molecule has 0 aromatic heterocycles. The van der Waals surface area contributed by atoms with Gasteiger partial charge in [-0.15, -0.1) is 0 Å². The number of nitrogens with one attached hydrogen (secondary N) is 1. The molecule has 1 aromatic rings. The Morgan fingerprint density at radius 2 is 2.15 bits per heavy atom. The molecule has 2 rings (SSSR count). The molecule has 2 atom stereocenters. The van der Waals surface area contributed by atoms with Crippen molar-refractivity contribution < 1.29 is 19.4 Å². The van der Waals surface area contributed by atoms with Crippen LogP contribution in [0.4, 0.5) is 0 Å². The minimum Gasteiger partial charge on any atom is -0.479 e. The van der Waals surface area contributed by atoms with E-state index < -0.39 is 11.5 Å². The Balaban J connectivity index is 2.15. The average molecular weight is 277 g/mol. The number of hydrogen-bond donors (Lipinski definition) is 2. The summed E-state index contributed by atoms with van der Waals surface area (Å²) >= 11 is 0. The van der Waals surface area contributed by atoms with Gasteiger partial charge in [0.05, 0.1) is 12.5 Å². The van der Waals surface area contributed by atoms with E-state index in [4.69, 9.17) is 4.74 Å². The number of carboxylic acid groups (broad SMARTS) is 1. The predicted octanol–water partition coefficient (Wildman–Crippen LogP) is 1.32. The van der Waals surface area contributed by atoms with Crippen molar-refractivity contribution in [3.05, 3.63) is 35.4 Å². The van der Waals surface area contributed by atoms with Crippen molar-refractivity contribution in [2.45, 2.75) is 31.2 Å². The van der Waals surface area contributed by atoms with Gasteiger partial charge < -0.3 is 15.2 Å². The van der Waals surface area contributed by atoms with Crippen molar-refractivity contribution >= 4 is 11.9 Å². The molecule has 0 saturated heterocycles. The van der Waals surface area contributed by atoms with Gasteiger partial charge in [0, 0.05) is 7.11 Å². The second-order valence-electron chi connectivity index (χ2n) is 5.35. The van der Waals surface area contributed by atoms with Crippen LogP contribution < -0.4 is 5.32 Å². The summed E-state index contributed by atoms with van der Waals surface area (Å²) in [6.07, 6.45) is 1.57. The summed E-state index contributed by atoms with van der Waals surface area (Å²) in [5, 5.41) is 11.9. The maximum atomic E-state index is 12.4.